The molecular formula is C11H16O2. The van der Waals surface area contributed by atoms with Gasteiger partial charge in [0.1, 0.15) is 6.10 Å². The van der Waals surface area contributed by atoms with E-state index in [-0.39, 0.29) is 18.8 Å². The highest BCUT2D eigenvalue weighted by atomic mass is 16.6. The Bertz CT molecular complexity index is 206. The number of rotatable bonds is 6. The molecule has 0 aromatic carbocycles. The van der Waals surface area contributed by atoms with E-state index in [4.69, 9.17) is 9.84 Å². The van der Waals surface area contributed by atoms with Crippen molar-refractivity contribution in [2.24, 2.45) is 0 Å². The molecule has 2 atom stereocenters. The van der Waals surface area contributed by atoms with Crippen LogP contribution in [0, 0.1) is 0 Å². The van der Waals surface area contributed by atoms with E-state index in [0.717, 1.165) is 12.8 Å². The monoisotopic (exact) mass is 180 g/mol. The van der Waals surface area contributed by atoms with Crippen molar-refractivity contribution in [3.63, 3.8) is 0 Å². The number of hydrogen-bond donors (Lipinski definition) is 1. The van der Waals surface area contributed by atoms with Crippen molar-refractivity contribution in [1.82, 2.24) is 0 Å². The third-order valence-corrected chi connectivity index (χ3v) is 1.95. The second-order valence-electron chi connectivity index (χ2n) is 3.00. The highest BCUT2D eigenvalue weighted by Gasteiger charge is 2.36. The second kappa shape index (κ2) is 5.73. The summed E-state index contributed by atoms with van der Waals surface area (Å²) in [6, 6.07) is 0. The van der Waals surface area contributed by atoms with Crippen molar-refractivity contribution >= 4 is 0 Å². The first kappa shape index (κ1) is 10.2. The zero-order valence-corrected chi connectivity index (χ0v) is 7.73. The summed E-state index contributed by atoms with van der Waals surface area (Å²) in [4.78, 5) is 0. The number of epoxide rings is 1. The molecule has 0 saturated carbocycles. The van der Waals surface area contributed by atoms with Crippen LogP contribution in [0.1, 0.15) is 12.8 Å². The van der Waals surface area contributed by atoms with Gasteiger partial charge < -0.3 is 9.84 Å². The van der Waals surface area contributed by atoms with Crippen LogP contribution >= 0.6 is 0 Å². The third-order valence-electron chi connectivity index (χ3n) is 1.95. The summed E-state index contributed by atoms with van der Waals surface area (Å²) in [5.74, 6) is 0. The van der Waals surface area contributed by atoms with Gasteiger partial charge in [-0.15, -0.1) is 0 Å². The van der Waals surface area contributed by atoms with Crippen LogP contribution in [0.4, 0.5) is 0 Å². The predicted molar refractivity (Wildman–Crippen MR) is 53.5 cm³/mol. The fourth-order valence-electron chi connectivity index (χ4n) is 1.13. The highest BCUT2D eigenvalue weighted by Crippen LogP contribution is 2.24. The van der Waals surface area contributed by atoms with Crippen molar-refractivity contribution in [3.05, 3.63) is 37.0 Å². The Kier molecular flexibility index (Phi) is 4.50. The lowest BCUT2D eigenvalue weighted by Crippen LogP contribution is -1.97. The van der Waals surface area contributed by atoms with Crippen molar-refractivity contribution in [3.8, 4) is 0 Å². The number of allylic oxidation sites excluding steroid dienone is 4. The van der Waals surface area contributed by atoms with E-state index < -0.39 is 0 Å². The molecule has 1 aliphatic heterocycles. The molecule has 0 radical (unpaired) electrons. The van der Waals surface area contributed by atoms with Gasteiger partial charge in [-0.3, -0.25) is 0 Å². The Morgan fingerprint density at radius 2 is 2.08 bits per heavy atom. The van der Waals surface area contributed by atoms with Crippen LogP contribution < -0.4 is 0 Å². The molecule has 0 amide bonds. The van der Waals surface area contributed by atoms with Crippen LogP contribution in [0.2, 0.25) is 0 Å². The fourth-order valence-corrected chi connectivity index (χ4v) is 1.13. The van der Waals surface area contributed by atoms with Gasteiger partial charge in [0.2, 0.25) is 0 Å². The summed E-state index contributed by atoms with van der Waals surface area (Å²) >= 11 is 0. The van der Waals surface area contributed by atoms with Crippen LogP contribution in [0.15, 0.2) is 37.0 Å². The van der Waals surface area contributed by atoms with Gasteiger partial charge in [0.15, 0.2) is 0 Å². The first-order valence-corrected chi connectivity index (χ1v) is 4.57. The van der Waals surface area contributed by atoms with Gasteiger partial charge in [0.05, 0.1) is 12.7 Å². The molecule has 13 heavy (non-hydrogen) atoms. The second-order valence-corrected chi connectivity index (χ2v) is 3.00. The molecule has 1 aliphatic rings. The summed E-state index contributed by atoms with van der Waals surface area (Å²) in [6.07, 6.45) is 12.1. The fraction of sp³-hybridized carbons (Fsp3) is 0.455. The highest BCUT2D eigenvalue weighted by molar-refractivity contribution is 5.02. The zero-order chi connectivity index (χ0) is 9.52. The average Bonchev–Trinajstić information content (AvgIpc) is 2.90. The SMILES string of the molecule is C=C/C=C/C/C=C/CC1O[C@H]1CO. The zero-order valence-electron chi connectivity index (χ0n) is 7.73. The molecule has 1 rings (SSSR count). The lowest BCUT2D eigenvalue weighted by molar-refractivity contribution is 0.242. The van der Waals surface area contributed by atoms with E-state index in [2.05, 4.69) is 18.7 Å². The molecule has 0 aromatic rings. The summed E-state index contributed by atoms with van der Waals surface area (Å²) in [6.45, 7) is 3.73. The maximum absolute atomic E-state index is 8.68. The minimum atomic E-state index is 0.0911. The van der Waals surface area contributed by atoms with E-state index in [1.807, 2.05) is 12.2 Å². The molecule has 1 N–H and O–H groups in total. The van der Waals surface area contributed by atoms with Crippen molar-refractivity contribution < 1.29 is 9.84 Å². The van der Waals surface area contributed by atoms with Crippen LogP contribution in [0.25, 0.3) is 0 Å². The lowest BCUT2D eigenvalue weighted by atomic mass is 10.2. The molecule has 2 nitrogen and oxygen atoms in total. The maximum Gasteiger partial charge on any atom is 0.107 e. The van der Waals surface area contributed by atoms with Gasteiger partial charge in [0, 0.05) is 0 Å². The number of hydrogen-bond acceptors (Lipinski definition) is 2. The van der Waals surface area contributed by atoms with Gasteiger partial charge in [-0.05, 0) is 12.8 Å². The summed E-state index contributed by atoms with van der Waals surface area (Å²) in [7, 11) is 0. The van der Waals surface area contributed by atoms with Gasteiger partial charge in [0.25, 0.3) is 0 Å². The topological polar surface area (TPSA) is 32.8 Å². The molecule has 1 unspecified atom stereocenters. The minimum absolute atomic E-state index is 0.0911. The lowest BCUT2D eigenvalue weighted by Gasteiger charge is -1.84. The Hall–Kier alpha value is -0.860. The molecule has 0 aromatic heterocycles. The molecule has 1 saturated heterocycles. The predicted octanol–water partition coefficient (Wildman–Crippen LogP) is 1.82. The minimum Gasteiger partial charge on any atom is -0.394 e. The van der Waals surface area contributed by atoms with Gasteiger partial charge in [-0.25, -0.2) is 0 Å². The first-order chi connectivity index (χ1) is 6.38. The molecule has 0 spiro atoms. The first-order valence-electron chi connectivity index (χ1n) is 4.57. The Balaban J connectivity index is 1.99. The third kappa shape index (κ3) is 4.06. The molecule has 0 aliphatic carbocycles. The molecule has 2 heteroatoms. The number of aliphatic hydroxyl groups excluding tert-OH is 1. The van der Waals surface area contributed by atoms with E-state index >= 15 is 0 Å². The van der Waals surface area contributed by atoms with E-state index in [9.17, 15) is 0 Å². The van der Waals surface area contributed by atoms with Crippen molar-refractivity contribution in [1.29, 1.82) is 0 Å². The summed E-state index contributed by atoms with van der Waals surface area (Å²) in [5.41, 5.74) is 0. The molecule has 72 valence electrons. The Morgan fingerprint density at radius 3 is 2.69 bits per heavy atom. The molecule has 1 fully saturated rings. The van der Waals surface area contributed by atoms with E-state index in [0.29, 0.717) is 0 Å². The standard InChI is InChI=1S/C11H16O2/c1-2-3-4-5-6-7-8-10-11(9-12)13-10/h2-4,6-7,10-12H,1,5,8-9H2/b4-3+,7-6+/t10?,11-/m0/s1. The van der Waals surface area contributed by atoms with E-state index in [1.54, 1.807) is 6.08 Å². The van der Waals surface area contributed by atoms with Crippen LogP contribution in [0.3, 0.4) is 0 Å². The summed E-state index contributed by atoms with van der Waals surface area (Å²) < 4.78 is 5.16. The van der Waals surface area contributed by atoms with Crippen LogP contribution in [0.5, 0.6) is 0 Å². The largest absolute Gasteiger partial charge is 0.394 e. The number of aliphatic hydroxyl groups is 1. The normalized spacial score (nSPS) is 27.2. The Labute approximate surface area is 79.2 Å². The summed E-state index contributed by atoms with van der Waals surface area (Å²) in [5, 5.41) is 8.68. The van der Waals surface area contributed by atoms with Gasteiger partial charge >= 0.3 is 0 Å². The quantitative estimate of drug-likeness (QED) is 0.384. The molecule has 0 bridgehead atoms. The van der Waals surface area contributed by atoms with Gasteiger partial charge in [-0.1, -0.05) is 37.0 Å². The molecule has 1 heterocycles. The molecular weight excluding hydrogens is 164 g/mol. The Morgan fingerprint density at radius 1 is 1.23 bits per heavy atom. The van der Waals surface area contributed by atoms with Crippen LogP contribution in [-0.2, 0) is 4.74 Å². The van der Waals surface area contributed by atoms with Gasteiger partial charge in [-0.2, -0.15) is 0 Å². The van der Waals surface area contributed by atoms with E-state index in [1.165, 1.54) is 0 Å². The maximum atomic E-state index is 8.68. The average molecular weight is 180 g/mol. The smallest absolute Gasteiger partial charge is 0.107 e. The van der Waals surface area contributed by atoms with Crippen molar-refractivity contribution in [2.45, 2.75) is 25.0 Å². The van der Waals surface area contributed by atoms with Crippen molar-refractivity contribution in [2.75, 3.05) is 6.61 Å². The number of ether oxygens (including phenoxy) is 1. The van der Waals surface area contributed by atoms with Crippen LogP contribution in [-0.4, -0.2) is 23.9 Å².